The van der Waals surface area contributed by atoms with Gasteiger partial charge in [0, 0.05) is 19.5 Å². The summed E-state index contributed by atoms with van der Waals surface area (Å²) in [5.74, 6) is 2.50. The van der Waals surface area contributed by atoms with Crippen LogP contribution in [-0.2, 0) is 0 Å². The summed E-state index contributed by atoms with van der Waals surface area (Å²) in [7, 11) is 0. The van der Waals surface area contributed by atoms with Crippen LogP contribution in [0.5, 0.6) is 0 Å². The molecule has 0 unspecified atom stereocenters. The maximum absolute atomic E-state index is 13.1. The molecule has 0 aliphatic carbocycles. The first-order valence-corrected chi connectivity index (χ1v) is 3.60. The Morgan fingerprint density at radius 1 is 1.55 bits per heavy atom. The smallest absolute Gasteiger partial charge is 0.135 e. The predicted molar refractivity (Wildman–Crippen MR) is 46.6 cm³/mol. The molecular formula is C8H13ClFN. The molecule has 0 radical (unpaired) electrons. The third-order valence-electron chi connectivity index (χ3n) is 1.83. The van der Waals surface area contributed by atoms with E-state index in [-0.39, 0.29) is 12.4 Å². The van der Waals surface area contributed by atoms with Gasteiger partial charge in [0.05, 0.1) is 0 Å². The van der Waals surface area contributed by atoms with Crippen LogP contribution in [0.3, 0.4) is 0 Å². The summed E-state index contributed by atoms with van der Waals surface area (Å²) in [5, 5.41) is 2.90. The van der Waals surface area contributed by atoms with Crippen molar-refractivity contribution in [1.29, 1.82) is 0 Å². The lowest BCUT2D eigenvalue weighted by molar-refractivity contribution is 0.0786. The lowest BCUT2D eigenvalue weighted by atomic mass is 9.93. The molecular weight excluding hydrogens is 165 g/mol. The number of nitrogens with one attached hydrogen (secondary N) is 1. The van der Waals surface area contributed by atoms with Crippen LogP contribution >= 0.6 is 12.4 Å². The van der Waals surface area contributed by atoms with Crippen LogP contribution in [0.4, 0.5) is 4.39 Å². The molecule has 1 N–H and O–H groups in total. The van der Waals surface area contributed by atoms with Gasteiger partial charge in [-0.15, -0.1) is 24.8 Å². The molecule has 1 nitrogen and oxygen atoms in total. The minimum Gasteiger partial charge on any atom is -0.310 e. The van der Waals surface area contributed by atoms with Crippen molar-refractivity contribution in [1.82, 2.24) is 5.32 Å². The summed E-state index contributed by atoms with van der Waals surface area (Å²) in [6.07, 6.45) is 7.16. The minimum absolute atomic E-state index is 0. The first-order chi connectivity index (χ1) is 4.77. The Morgan fingerprint density at radius 3 is 2.55 bits per heavy atom. The van der Waals surface area contributed by atoms with E-state index in [1.54, 1.807) is 0 Å². The number of terminal acetylenes is 1. The average Bonchev–Trinajstić information content (AvgIpc) is 1.85. The van der Waals surface area contributed by atoms with Crippen LogP contribution in [0.15, 0.2) is 0 Å². The quantitative estimate of drug-likeness (QED) is 0.509. The second kappa shape index (κ2) is 4.58. The number of alkyl halides is 1. The third kappa shape index (κ3) is 3.09. The summed E-state index contributed by atoms with van der Waals surface area (Å²) < 4.78 is 13.1. The zero-order valence-corrected chi connectivity index (χ0v) is 7.22. The van der Waals surface area contributed by atoms with Crippen molar-refractivity contribution < 1.29 is 4.39 Å². The Hall–Kier alpha value is -0.260. The van der Waals surface area contributed by atoms with Gasteiger partial charge in [-0.25, -0.2) is 4.39 Å². The fourth-order valence-electron chi connectivity index (χ4n) is 1.08. The third-order valence-corrected chi connectivity index (χ3v) is 1.83. The van der Waals surface area contributed by atoms with Crippen molar-refractivity contribution >= 4 is 12.4 Å². The number of rotatable bonds is 3. The Labute approximate surface area is 73.2 Å². The van der Waals surface area contributed by atoms with Crippen molar-refractivity contribution in [2.24, 2.45) is 0 Å². The van der Waals surface area contributed by atoms with Crippen LogP contribution in [0.1, 0.15) is 19.3 Å². The number of hydrogen-bond acceptors (Lipinski definition) is 1. The van der Waals surface area contributed by atoms with Gasteiger partial charge in [0.25, 0.3) is 0 Å². The maximum atomic E-state index is 13.1. The van der Waals surface area contributed by atoms with Gasteiger partial charge in [-0.2, -0.15) is 0 Å². The Morgan fingerprint density at radius 2 is 2.18 bits per heavy atom. The van der Waals surface area contributed by atoms with E-state index in [0.29, 0.717) is 25.9 Å². The van der Waals surface area contributed by atoms with E-state index >= 15 is 0 Å². The number of halogens is 2. The van der Waals surface area contributed by atoms with Gasteiger partial charge in [0.15, 0.2) is 0 Å². The second-order valence-corrected chi connectivity index (χ2v) is 2.81. The highest BCUT2D eigenvalue weighted by molar-refractivity contribution is 5.85. The number of hydrogen-bond donors (Lipinski definition) is 1. The van der Waals surface area contributed by atoms with Gasteiger partial charge >= 0.3 is 0 Å². The zero-order chi connectivity index (χ0) is 7.45. The normalized spacial score (nSPS) is 19.3. The lowest BCUT2D eigenvalue weighted by Gasteiger charge is -2.34. The SMILES string of the molecule is C#CCCCC1(F)CNC1.Cl. The fraction of sp³-hybridized carbons (Fsp3) is 0.750. The summed E-state index contributed by atoms with van der Waals surface area (Å²) >= 11 is 0. The monoisotopic (exact) mass is 177 g/mol. The van der Waals surface area contributed by atoms with Crippen molar-refractivity contribution in [3.8, 4) is 12.3 Å². The van der Waals surface area contributed by atoms with Crippen molar-refractivity contribution in [3.05, 3.63) is 0 Å². The minimum atomic E-state index is -0.934. The molecule has 1 aliphatic rings. The van der Waals surface area contributed by atoms with Crippen LogP contribution in [0.2, 0.25) is 0 Å². The van der Waals surface area contributed by atoms with E-state index in [2.05, 4.69) is 11.2 Å². The number of unbranched alkanes of at least 4 members (excludes halogenated alkanes) is 1. The molecule has 0 amide bonds. The van der Waals surface area contributed by atoms with Crippen LogP contribution in [0.25, 0.3) is 0 Å². The maximum Gasteiger partial charge on any atom is 0.135 e. The highest BCUT2D eigenvalue weighted by atomic mass is 35.5. The molecule has 1 heterocycles. The second-order valence-electron chi connectivity index (χ2n) is 2.81. The molecule has 0 atom stereocenters. The molecule has 1 saturated heterocycles. The molecule has 11 heavy (non-hydrogen) atoms. The summed E-state index contributed by atoms with van der Waals surface area (Å²) in [4.78, 5) is 0. The largest absolute Gasteiger partial charge is 0.310 e. The molecule has 0 aromatic rings. The zero-order valence-electron chi connectivity index (χ0n) is 6.40. The molecule has 1 aliphatic heterocycles. The standard InChI is InChI=1S/C8H12FN.ClH/c1-2-3-4-5-8(9)6-10-7-8;/h1,10H,3-7H2;1H. The summed E-state index contributed by atoms with van der Waals surface area (Å²) in [6, 6.07) is 0. The van der Waals surface area contributed by atoms with Crippen LogP contribution in [-0.4, -0.2) is 18.8 Å². The van der Waals surface area contributed by atoms with E-state index in [1.807, 2.05) is 0 Å². The highest BCUT2D eigenvalue weighted by Gasteiger charge is 2.35. The summed E-state index contributed by atoms with van der Waals surface area (Å²) in [6.45, 7) is 1.02. The molecule has 0 bridgehead atoms. The lowest BCUT2D eigenvalue weighted by Crippen LogP contribution is -2.56. The van der Waals surface area contributed by atoms with E-state index in [4.69, 9.17) is 6.42 Å². The summed E-state index contributed by atoms with van der Waals surface area (Å²) in [5.41, 5.74) is -0.934. The molecule has 0 spiro atoms. The van der Waals surface area contributed by atoms with Gasteiger partial charge in [-0.1, -0.05) is 0 Å². The van der Waals surface area contributed by atoms with E-state index in [1.165, 1.54) is 0 Å². The predicted octanol–water partition coefficient (Wildman–Crippen LogP) is 1.52. The van der Waals surface area contributed by atoms with Crippen molar-refractivity contribution in [2.75, 3.05) is 13.1 Å². The van der Waals surface area contributed by atoms with Crippen LogP contribution < -0.4 is 5.32 Å². The van der Waals surface area contributed by atoms with E-state index < -0.39 is 5.67 Å². The topological polar surface area (TPSA) is 12.0 Å². The molecule has 3 heteroatoms. The highest BCUT2D eigenvalue weighted by Crippen LogP contribution is 2.22. The Kier molecular flexibility index (Phi) is 4.48. The van der Waals surface area contributed by atoms with Gasteiger partial charge in [0.1, 0.15) is 5.67 Å². The van der Waals surface area contributed by atoms with Gasteiger partial charge < -0.3 is 5.32 Å². The van der Waals surface area contributed by atoms with Gasteiger partial charge in [-0.05, 0) is 12.8 Å². The molecule has 0 aromatic heterocycles. The van der Waals surface area contributed by atoms with Gasteiger partial charge in [-0.3, -0.25) is 0 Å². The van der Waals surface area contributed by atoms with Crippen molar-refractivity contribution in [2.45, 2.75) is 24.9 Å². The van der Waals surface area contributed by atoms with Crippen molar-refractivity contribution in [3.63, 3.8) is 0 Å². The molecule has 1 rings (SSSR count). The first kappa shape index (κ1) is 10.7. The fourth-order valence-corrected chi connectivity index (χ4v) is 1.08. The van der Waals surface area contributed by atoms with Gasteiger partial charge in [0.2, 0.25) is 0 Å². The average molecular weight is 178 g/mol. The molecule has 0 aromatic carbocycles. The Bertz CT molecular complexity index is 149. The van der Waals surface area contributed by atoms with E-state index in [0.717, 1.165) is 6.42 Å². The molecule has 1 fully saturated rings. The molecule has 64 valence electrons. The first-order valence-electron chi connectivity index (χ1n) is 3.60. The molecule has 0 saturated carbocycles. The van der Waals surface area contributed by atoms with Crippen LogP contribution in [0, 0.1) is 12.3 Å². The van der Waals surface area contributed by atoms with E-state index in [9.17, 15) is 4.39 Å². The Balaban J connectivity index is 0.000001000.